The van der Waals surface area contributed by atoms with Crippen LogP contribution in [-0.2, 0) is 0 Å². The van der Waals surface area contributed by atoms with Crippen molar-refractivity contribution in [3.63, 3.8) is 0 Å². The summed E-state index contributed by atoms with van der Waals surface area (Å²) < 4.78 is 0. The predicted octanol–water partition coefficient (Wildman–Crippen LogP) is 6.04. The summed E-state index contributed by atoms with van der Waals surface area (Å²) in [5, 5.41) is 3.45. The van der Waals surface area contributed by atoms with E-state index in [0.29, 0.717) is 18.5 Å². The van der Waals surface area contributed by atoms with Crippen LogP contribution >= 0.6 is 0 Å². The molecular formula is C26H38N2. The lowest BCUT2D eigenvalue weighted by molar-refractivity contribution is 0.574. The molecule has 28 heavy (non-hydrogen) atoms. The Labute approximate surface area is 172 Å². The predicted molar refractivity (Wildman–Crippen MR) is 123 cm³/mol. The van der Waals surface area contributed by atoms with Crippen LogP contribution in [0.4, 0.5) is 0 Å². The van der Waals surface area contributed by atoms with Crippen LogP contribution in [0.5, 0.6) is 0 Å². The topological polar surface area (TPSA) is 38.0 Å². The van der Waals surface area contributed by atoms with Gasteiger partial charge in [0.2, 0.25) is 0 Å². The Hall–Kier alpha value is -1.90. The van der Waals surface area contributed by atoms with Crippen LogP contribution in [0.3, 0.4) is 0 Å². The maximum Gasteiger partial charge on any atom is 0.0101 e. The summed E-state index contributed by atoms with van der Waals surface area (Å²) in [7, 11) is 0. The molecule has 0 spiro atoms. The highest BCUT2D eigenvalue weighted by Crippen LogP contribution is 2.27. The summed E-state index contributed by atoms with van der Waals surface area (Å²) in [5.74, 6) is 0.424. The molecule has 1 aliphatic rings. The summed E-state index contributed by atoms with van der Waals surface area (Å²) in [5.41, 5.74) is 10.1. The molecule has 0 fully saturated rings. The Bertz CT molecular complexity index is 622. The van der Waals surface area contributed by atoms with Crippen molar-refractivity contribution in [1.29, 1.82) is 0 Å². The molecule has 2 nitrogen and oxygen atoms in total. The van der Waals surface area contributed by atoms with E-state index in [0.717, 1.165) is 13.0 Å². The molecule has 0 saturated heterocycles. The Morgan fingerprint density at radius 3 is 1.96 bits per heavy atom. The highest BCUT2D eigenvalue weighted by atomic mass is 14.9. The second-order valence-corrected chi connectivity index (χ2v) is 7.92. The Morgan fingerprint density at radius 2 is 1.50 bits per heavy atom. The molecule has 0 aliphatic heterocycles. The van der Waals surface area contributed by atoms with E-state index in [-0.39, 0.29) is 0 Å². The summed E-state index contributed by atoms with van der Waals surface area (Å²) in [4.78, 5) is 0. The van der Waals surface area contributed by atoms with Crippen LogP contribution in [0.25, 0.3) is 0 Å². The van der Waals surface area contributed by atoms with Gasteiger partial charge in [-0.3, -0.25) is 0 Å². The van der Waals surface area contributed by atoms with Gasteiger partial charge in [0.1, 0.15) is 0 Å². The lowest BCUT2D eigenvalue weighted by Crippen LogP contribution is -2.24. The van der Waals surface area contributed by atoms with Crippen LogP contribution in [0.15, 0.2) is 72.3 Å². The molecule has 0 amide bonds. The van der Waals surface area contributed by atoms with Crippen molar-refractivity contribution in [2.75, 3.05) is 13.1 Å². The SMILES string of the molecule is CC(C)NCCC1=CCCCC1.NCCC(c1ccccc1)c1ccccc1. The molecule has 152 valence electrons. The minimum absolute atomic E-state index is 0.424. The average molecular weight is 379 g/mol. The molecule has 0 unspecified atom stereocenters. The molecular weight excluding hydrogens is 340 g/mol. The van der Waals surface area contributed by atoms with E-state index in [4.69, 9.17) is 5.73 Å². The van der Waals surface area contributed by atoms with Crippen LogP contribution < -0.4 is 11.1 Å². The molecule has 2 aromatic rings. The van der Waals surface area contributed by atoms with Gasteiger partial charge in [-0.05, 0) is 62.7 Å². The molecule has 2 aromatic carbocycles. The molecule has 2 heteroatoms. The first-order valence-corrected chi connectivity index (χ1v) is 10.9. The fourth-order valence-corrected chi connectivity index (χ4v) is 3.72. The van der Waals surface area contributed by atoms with E-state index in [1.807, 2.05) is 12.1 Å². The zero-order valence-corrected chi connectivity index (χ0v) is 17.7. The van der Waals surface area contributed by atoms with Gasteiger partial charge in [0.25, 0.3) is 0 Å². The van der Waals surface area contributed by atoms with Gasteiger partial charge in [0.15, 0.2) is 0 Å². The molecule has 3 rings (SSSR count). The second-order valence-electron chi connectivity index (χ2n) is 7.92. The van der Waals surface area contributed by atoms with Crippen molar-refractivity contribution in [1.82, 2.24) is 5.32 Å². The number of allylic oxidation sites excluding steroid dienone is 1. The van der Waals surface area contributed by atoms with Crippen molar-refractivity contribution in [2.24, 2.45) is 5.73 Å². The van der Waals surface area contributed by atoms with Gasteiger partial charge in [-0.2, -0.15) is 0 Å². The Balaban J connectivity index is 0.000000209. The van der Waals surface area contributed by atoms with Gasteiger partial charge in [-0.1, -0.05) is 86.2 Å². The monoisotopic (exact) mass is 378 g/mol. The fraction of sp³-hybridized carbons (Fsp3) is 0.462. The zero-order valence-electron chi connectivity index (χ0n) is 17.7. The van der Waals surface area contributed by atoms with Gasteiger partial charge in [0, 0.05) is 12.0 Å². The minimum atomic E-state index is 0.424. The first kappa shape index (κ1) is 22.4. The van der Waals surface area contributed by atoms with E-state index < -0.39 is 0 Å². The Kier molecular flexibility index (Phi) is 10.6. The maximum atomic E-state index is 5.70. The van der Waals surface area contributed by atoms with Gasteiger partial charge in [-0.15, -0.1) is 0 Å². The van der Waals surface area contributed by atoms with Crippen molar-refractivity contribution >= 4 is 0 Å². The second kappa shape index (κ2) is 13.3. The molecule has 0 bridgehead atoms. The summed E-state index contributed by atoms with van der Waals surface area (Å²) in [6.07, 6.45) is 10.2. The molecule has 0 aromatic heterocycles. The summed E-state index contributed by atoms with van der Waals surface area (Å²) in [6, 6.07) is 21.8. The lowest BCUT2D eigenvalue weighted by Gasteiger charge is -2.16. The largest absolute Gasteiger partial charge is 0.330 e. The fourth-order valence-electron chi connectivity index (χ4n) is 3.72. The van der Waals surface area contributed by atoms with Gasteiger partial charge >= 0.3 is 0 Å². The first-order valence-electron chi connectivity index (χ1n) is 10.9. The van der Waals surface area contributed by atoms with E-state index in [1.54, 1.807) is 5.57 Å². The van der Waals surface area contributed by atoms with Crippen LogP contribution in [-0.4, -0.2) is 19.1 Å². The molecule has 0 atom stereocenters. The summed E-state index contributed by atoms with van der Waals surface area (Å²) in [6.45, 7) is 6.28. The Morgan fingerprint density at radius 1 is 0.893 bits per heavy atom. The van der Waals surface area contributed by atoms with Crippen LogP contribution in [0, 0.1) is 0 Å². The molecule has 0 saturated carbocycles. The van der Waals surface area contributed by atoms with E-state index in [1.165, 1.54) is 43.2 Å². The molecule has 1 aliphatic carbocycles. The lowest BCUT2D eigenvalue weighted by atomic mass is 9.89. The average Bonchev–Trinajstić information content (AvgIpc) is 2.74. The number of benzene rings is 2. The zero-order chi connectivity index (χ0) is 20.0. The highest BCUT2D eigenvalue weighted by Gasteiger charge is 2.12. The smallest absolute Gasteiger partial charge is 0.0101 e. The third kappa shape index (κ3) is 8.41. The van der Waals surface area contributed by atoms with Crippen molar-refractivity contribution in [2.45, 2.75) is 64.3 Å². The van der Waals surface area contributed by atoms with E-state index >= 15 is 0 Å². The number of hydrogen-bond acceptors (Lipinski definition) is 2. The van der Waals surface area contributed by atoms with Crippen molar-refractivity contribution in [3.8, 4) is 0 Å². The van der Waals surface area contributed by atoms with E-state index in [9.17, 15) is 0 Å². The van der Waals surface area contributed by atoms with Crippen LogP contribution in [0.2, 0.25) is 0 Å². The number of rotatable bonds is 8. The minimum Gasteiger partial charge on any atom is -0.330 e. The van der Waals surface area contributed by atoms with Gasteiger partial charge in [-0.25, -0.2) is 0 Å². The maximum absolute atomic E-state index is 5.70. The van der Waals surface area contributed by atoms with Gasteiger partial charge in [0.05, 0.1) is 0 Å². The van der Waals surface area contributed by atoms with Crippen molar-refractivity contribution in [3.05, 3.63) is 83.4 Å². The quantitative estimate of drug-likeness (QED) is 0.549. The normalized spacial score (nSPS) is 13.8. The van der Waals surface area contributed by atoms with E-state index in [2.05, 4.69) is 73.8 Å². The number of hydrogen-bond donors (Lipinski definition) is 2. The number of nitrogens with one attached hydrogen (secondary N) is 1. The van der Waals surface area contributed by atoms with Crippen molar-refractivity contribution < 1.29 is 0 Å². The standard InChI is InChI=1S/C15H17N.C11H21N/c16-12-11-15(13-7-3-1-4-8-13)14-9-5-2-6-10-14;1-10(2)12-9-8-11-6-4-3-5-7-11/h1-10,15H,11-12,16H2;6,10,12H,3-5,7-9H2,1-2H3. The third-order valence-electron chi connectivity index (χ3n) is 5.24. The molecule has 0 radical (unpaired) electrons. The summed E-state index contributed by atoms with van der Waals surface area (Å²) >= 11 is 0. The molecule has 0 heterocycles. The number of nitrogens with two attached hydrogens (primary N) is 1. The third-order valence-corrected chi connectivity index (χ3v) is 5.24. The highest BCUT2D eigenvalue weighted by molar-refractivity contribution is 5.32. The van der Waals surface area contributed by atoms with Gasteiger partial charge < -0.3 is 11.1 Å². The first-order chi connectivity index (χ1) is 13.7. The van der Waals surface area contributed by atoms with Crippen LogP contribution in [0.1, 0.15) is 69.4 Å². The molecule has 3 N–H and O–H groups in total.